The number of methoxy groups -OCH3 is 1. The summed E-state index contributed by atoms with van der Waals surface area (Å²) in [5.74, 6) is -0.233. The molecule has 0 saturated heterocycles. The maximum absolute atomic E-state index is 13.6. The quantitative estimate of drug-likeness (QED) is 0.587. The molecule has 1 aliphatic heterocycles. The SMILES string of the molecule is CCOC(=O)C1=C(C)N=c2sc(=Cc3cccc(OC)c3O)c(=O)n2[C@H]1c1ccc(C)cc1. The summed E-state index contributed by atoms with van der Waals surface area (Å²) in [6.45, 7) is 5.68. The topological polar surface area (TPSA) is 90.1 Å². The smallest absolute Gasteiger partial charge is 0.338 e. The summed E-state index contributed by atoms with van der Waals surface area (Å²) in [6.07, 6.45) is 1.61. The lowest BCUT2D eigenvalue weighted by Crippen LogP contribution is -2.39. The first kappa shape index (κ1) is 22.5. The molecule has 1 N–H and O–H groups in total. The minimum atomic E-state index is -0.665. The van der Waals surface area contributed by atoms with Gasteiger partial charge in [0.05, 0.1) is 35.6 Å². The number of aromatic nitrogens is 1. The number of fused-ring (bicyclic) bond motifs is 1. The van der Waals surface area contributed by atoms with Crippen molar-refractivity contribution in [3.05, 3.63) is 90.1 Å². The highest BCUT2D eigenvalue weighted by atomic mass is 32.1. The van der Waals surface area contributed by atoms with Gasteiger partial charge in [-0.3, -0.25) is 9.36 Å². The molecule has 0 unspecified atom stereocenters. The third-order valence-corrected chi connectivity index (χ3v) is 6.43. The van der Waals surface area contributed by atoms with Gasteiger partial charge in [-0.05, 0) is 38.5 Å². The van der Waals surface area contributed by atoms with Gasteiger partial charge >= 0.3 is 5.97 Å². The first-order valence-electron chi connectivity index (χ1n) is 10.5. The Kier molecular flexibility index (Phi) is 6.20. The van der Waals surface area contributed by atoms with E-state index in [9.17, 15) is 14.7 Å². The predicted octanol–water partition coefficient (Wildman–Crippen LogP) is 2.82. The van der Waals surface area contributed by atoms with E-state index in [1.165, 1.54) is 23.0 Å². The number of para-hydroxylation sites is 1. The van der Waals surface area contributed by atoms with E-state index in [-0.39, 0.29) is 17.9 Å². The Labute approximate surface area is 194 Å². The molecule has 0 fully saturated rings. The van der Waals surface area contributed by atoms with Crippen molar-refractivity contribution in [3.8, 4) is 11.5 Å². The molecule has 1 aliphatic rings. The van der Waals surface area contributed by atoms with E-state index in [1.54, 1.807) is 38.1 Å². The first-order valence-corrected chi connectivity index (χ1v) is 11.3. The Hall–Kier alpha value is -3.65. The number of aromatic hydroxyl groups is 1. The Bertz CT molecular complexity index is 1430. The van der Waals surface area contributed by atoms with Crippen molar-refractivity contribution >= 4 is 23.4 Å². The molecule has 0 saturated carbocycles. The second-order valence-electron chi connectivity index (χ2n) is 7.61. The van der Waals surface area contributed by atoms with Crippen LogP contribution in [0.5, 0.6) is 11.5 Å². The van der Waals surface area contributed by atoms with Crippen LogP contribution in [0.2, 0.25) is 0 Å². The number of rotatable bonds is 5. The van der Waals surface area contributed by atoms with Crippen LogP contribution in [-0.2, 0) is 9.53 Å². The summed E-state index contributed by atoms with van der Waals surface area (Å²) in [6, 6.07) is 12.1. The Morgan fingerprint density at radius 3 is 2.61 bits per heavy atom. The summed E-state index contributed by atoms with van der Waals surface area (Å²) < 4.78 is 12.4. The molecule has 0 radical (unpaired) electrons. The van der Waals surface area contributed by atoms with Crippen LogP contribution in [-0.4, -0.2) is 29.4 Å². The Morgan fingerprint density at radius 2 is 1.94 bits per heavy atom. The van der Waals surface area contributed by atoms with Gasteiger partial charge in [0.1, 0.15) is 0 Å². The lowest BCUT2D eigenvalue weighted by atomic mass is 9.95. The van der Waals surface area contributed by atoms with Crippen molar-refractivity contribution in [3.63, 3.8) is 0 Å². The summed E-state index contributed by atoms with van der Waals surface area (Å²) in [4.78, 5) is 31.5. The fourth-order valence-corrected chi connectivity index (χ4v) is 4.85. The highest BCUT2D eigenvalue weighted by molar-refractivity contribution is 7.07. The van der Waals surface area contributed by atoms with Crippen molar-refractivity contribution < 1.29 is 19.4 Å². The molecule has 0 aliphatic carbocycles. The van der Waals surface area contributed by atoms with Crippen molar-refractivity contribution in [1.82, 2.24) is 4.57 Å². The highest BCUT2D eigenvalue weighted by Gasteiger charge is 2.33. The molecule has 3 aromatic rings. The van der Waals surface area contributed by atoms with Gasteiger partial charge in [-0.25, -0.2) is 9.79 Å². The minimum Gasteiger partial charge on any atom is -0.504 e. The summed E-state index contributed by atoms with van der Waals surface area (Å²) in [7, 11) is 1.47. The maximum atomic E-state index is 13.6. The van der Waals surface area contributed by atoms with Crippen LogP contribution < -0.4 is 19.6 Å². The Balaban J connectivity index is 1.96. The molecule has 0 spiro atoms. The van der Waals surface area contributed by atoms with E-state index < -0.39 is 12.0 Å². The van der Waals surface area contributed by atoms with E-state index in [0.29, 0.717) is 31.9 Å². The van der Waals surface area contributed by atoms with Crippen LogP contribution >= 0.6 is 11.3 Å². The minimum absolute atomic E-state index is 0.0516. The predicted molar refractivity (Wildman–Crippen MR) is 126 cm³/mol. The molecule has 1 atom stereocenters. The van der Waals surface area contributed by atoms with Gasteiger partial charge in [0.15, 0.2) is 16.3 Å². The van der Waals surface area contributed by atoms with Gasteiger partial charge < -0.3 is 14.6 Å². The van der Waals surface area contributed by atoms with E-state index in [1.807, 2.05) is 31.2 Å². The van der Waals surface area contributed by atoms with Gasteiger partial charge in [0.2, 0.25) is 0 Å². The fraction of sp³-hybridized carbons (Fsp3) is 0.240. The molecular formula is C25H24N2O5S. The Morgan fingerprint density at radius 1 is 1.21 bits per heavy atom. The van der Waals surface area contributed by atoms with E-state index >= 15 is 0 Å². The maximum Gasteiger partial charge on any atom is 0.338 e. The summed E-state index contributed by atoms with van der Waals surface area (Å²) in [5, 5.41) is 10.5. The molecule has 33 heavy (non-hydrogen) atoms. The number of phenols is 1. The molecule has 7 nitrogen and oxygen atoms in total. The van der Waals surface area contributed by atoms with Crippen LogP contribution in [0.4, 0.5) is 0 Å². The normalized spacial score (nSPS) is 15.8. The number of carbonyl (C=O) groups is 1. The standard InChI is InChI=1S/C25H24N2O5S/c1-5-32-24(30)20-15(3)26-25-27(21(20)16-11-9-14(2)10-12-16)23(29)19(33-25)13-17-7-6-8-18(31-4)22(17)28/h6-13,21,28H,5H2,1-4H3/t21-/m0/s1. The number of benzene rings is 2. The van der Waals surface area contributed by atoms with Gasteiger partial charge in [-0.15, -0.1) is 0 Å². The van der Waals surface area contributed by atoms with Crippen LogP contribution in [0, 0.1) is 6.92 Å². The van der Waals surface area contributed by atoms with Gasteiger partial charge in [0, 0.05) is 5.56 Å². The third-order valence-electron chi connectivity index (χ3n) is 5.45. The number of thiazole rings is 1. The lowest BCUT2D eigenvalue weighted by Gasteiger charge is -2.24. The zero-order valence-corrected chi connectivity index (χ0v) is 19.6. The van der Waals surface area contributed by atoms with Crippen LogP contribution in [0.3, 0.4) is 0 Å². The fourth-order valence-electron chi connectivity index (χ4n) is 3.82. The van der Waals surface area contributed by atoms with Crippen LogP contribution in [0.1, 0.15) is 36.6 Å². The average molecular weight is 465 g/mol. The molecule has 0 bridgehead atoms. The average Bonchev–Trinajstić information content (AvgIpc) is 3.09. The first-order chi connectivity index (χ1) is 15.8. The van der Waals surface area contributed by atoms with E-state index in [4.69, 9.17) is 9.47 Å². The second-order valence-corrected chi connectivity index (χ2v) is 8.62. The summed E-state index contributed by atoms with van der Waals surface area (Å²) >= 11 is 1.20. The highest BCUT2D eigenvalue weighted by Crippen LogP contribution is 2.31. The third kappa shape index (κ3) is 4.09. The zero-order valence-electron chi connectivity index (χ0n) is 18.8. The zero-order chi connectivity index (χ0) is 23.7. The van der Waals surface area contributed by atoms with Gasteiger partial charge in [-0.2, -0.15) is 0 Å². The van der Waals surface area contributed by atoms with Gasteiger partial charge in [-0.1, -0.05) is 53.3 Å². The molecule has 0 amide bonds. The van der Waals surface area contributed by atoms with Crippen LogP contribution in [0.25, 0.3) is 6.08 Å². The molecule has 2 aromatic carbocycles. The molecule has 2 heterocycles. The number of hydrogen-bond acceptors (Lipinski definition) is 7. The number of hydrogen-bond donors (Lipinski definition) is 1. The number of aryl methyl sites for hydroxylation is 1. The number of phenolic OH excluding ortho intramolecular Hbond substituents is 1. The van der Waals surface area contributed by atoms with Crippen molar-refractivity contribution in [2.24, 2.45) is 4.99 Å². The van der Waals surface area contributed by atoms with E-state index in [0.717, 1.165) is 11.1 Å². The number of ether oxygens (including phenoxy) is 2. The molecule has 8 heteroatoms. The molecule has 170 valence electrons. The molecular weight excluding hydrogens is 440 g/mol. The molecule has 1 aromatic heterocycles. The number of carbonyl (C=O) groups excluding carboxylic acids is 1. The summed E-state index contributed by atoms with van der Waals surface area (Å²) in [5.41, 5.74) is 2.85. The number of nitrogens with zero attached hydrogens (tertiary/aromatic N) is 2. The lowest BCUT2D eigenvalue weighted by molar-refractivity contribution is -0.139. The monoisotopic (exact) mass is 464 g/mol. The largest absolute Gasteiger partial charge is 0.504 e. The van der Waals surface area contributed by atoms with Crippen molar-refractivity contribution in [1.29, 1.82) is 0 Å². The van der Waals surface area contributed by atoms with Crippen molar-refractivity contribution in [2.45, 2.75) is 26.8 Å². The number of esters is 1. The molecule has 4 rings (SSSR count). The van der Waals surface area contributed by atoms with Gasteiger partial charge in [0.25, 0.3) is 5.56 Å². The van der Waals surface area contributed by atoms with E-state index in [2.05, 4.69) is 4.99 Å². The number of allylic oxidation sites excluding steroid dienone is 1. The van der Waals surface area contributed by atoms with Crippen LogP contribution in [0.15, 0.2) is 63.5 Å². The second kappa shape index (κ2) is 9.07. The van der Waals surface area contributed by atoms with Crippen molar-refractivity contribution in [2.75, 3.05) is 13.7 Å².